The van der Waals surface area contributed by atoms with Crippen molar-refractivity contribution in [2.24, 2.45) is 0 Å². The van der Waals surface area contributed by atoms with Crippen molar-refractivity contribution in [1.29, 1.82) is 10.5 Å². The molecule has 1 aromatic heterocycles. The summed E-state index contributed by atoms with van der Waals surface area (Å²) in [6.45, 7) is 3.07. The van der Waals surface area contributed by atoms with Gasteiger partial charge in [-0.15, -0.1) is 11.3 Å². The van der Waals surface area contributed by atoms with E-state index in [2.05, 4.69) is 21.3 Å². The Balaban J connectivity index is 1.79. The van der Waals surface area contributed by atoms with E-state index in [0.29, 0.717) is 24.5 Å². The molecule has 1 aliphatic rings. The van der Waals surface area contributed by atoms with Gasteiger partial charge < -0.3 is 21.3 Å². The molecule has 1 aliphatic heterocycles. The van der Waals surface area contributed by atoms with Gasteiger partial charge in [0.15, 0.2) is 5.57 Å². The van der Waals surface area contributed by atoms with Crippen molar-refractivity contribution >= 4 is 52.2 Å². The fourth-order valence-electron chi connectivity index (χ4n) is 3.46. The summed E-state index contributed by atoms with van der Waals surface area (Å²) < 4.78 is 1.78. The maximum absolute atomic E-state index is 12.8. The van der Waals surface area contributed by atoms with Crippen molar-refractivity contribution in [3.8, 4) is 12.1 Å². The molecular weight excluding hydrogens is 484 g/mol. The van der Waals surface area contributed by atoms with Gasteiger partial charge in [0.1, 0.15) is 21.8 Å². The molecule has 12 nitrogen and oxygen atoms in total. The highest BCUT2D eigenvalue weighted by Gasteiger charge is 2.18. The van der Waals surface area contributed by atoms with E-state index >= 15 is 0 Å². The first-order valence-electron chi connectivity index (χ1n) is 11.0. The van der Waals surface area contributed by atoms with Crippen LogP contribution >= 0.6 is 11.3 Å². The Morgan fingerprint density at radius 3 is 2.72 bits per heavy atom. The van der Waals surface area contributed by atoms with Crippen molar-refractivity contribution in [2.45, 2.75) is 13.5 Å². The van der Waals surface area contributed by atoms with Crippen molar-refractivity contribution in [1.82, 2.24) is 20.1 Å². The predicted octanol–water partition coefficient (Wildman–Crippen LogP) is -1.54. The maximum Gasteiger partial charge on any atom is 0.270 e. The number of carbonyl (C=O) groups is 3. The summed E-state index contributed by atoms with van der Waals surface area (Å²) in [4.78, 5) is 50.7. The normalized spacial score (nSPS) is 14.8. The summed E-state index contributed by atoms with van der Waals surface area (Å²) in [5.74, 6) is -1.10. The molecule has 0 unspecified atom stereocenters. The number of carbonyl (C=O) groups excluding carboxylic acids is 3. The van der Waals surface area contributed by atoms with Crippen LogP contribution in [-0.4, -0.2) is 59.9 Å². The van der Waals surface area contributed by atoms with Crippen molar-refractivity contribution < 1.29 is 14.4 Å². The Morgan fingerprint density at radius 1 is 1.25 bits per heavy atom. The summed E-state index contributed by atoms with van der Waals surface area (Å²) in [7, 11) is 0. The van der Waals surface area contributed by atoms with Gasteiger partial charge in [-0.3, -0.25) is 28.6 Å². The standard InChI is InChI=1S/C23H24N8O4S/c1-2-31-22(35)18(36-23(31)17(11-25)21(34)27-7-6-24)12-28-15-4-3-5-16(10-15)29-20(33)14-30-9-8-26-19(32)13-30/h3-5,10,12,28H,2,7-9,13-14H2,1H3,(H,26,32)(H,27,34)(H,29,33)/b18-12+,23-17-. The van der Waals surface area contributed by atoms with Crippen LogP contribution in [-0.2, 0) is 20.9 Å². The smallest absolute Gasteiger partial charge is 0.270 e. The highest BCUT2D eigenvalue weighted by molar-refractivity contribution is 7.07. The van der Waals surface area contributed by atoms with Crippen LogP contribution in [0.3, 0.4) is 0 Å². The van der Waals surface area contributed by atoms with Gasteiger partial charge in [-0.2, -0.15) is 10.5 Å². The molecule has 1 saturated heterocycles. The Morgan fingerprint density at radius 2 is 2.03 bits per heavy atom. The molecule has 186 valence electrons. The lowest BCUT2D eigenvalue weighted by molar-refractivity contribution is -0.125. The lowest BCUT2D eigenvalue weighted by Crippen LogP contribution is -2.49. The molecule has 4 N–H and O–H groups in total. The molecule has 3 amide bonds. The third-order valence-electron chi connectivity index (χ3n) is 5.11. The van der Waals surface area contributed by atoms with Crippen molar-refractivity contribution in [3.05, 3.63) is 43.8 Å². The number of benzene rings is 1. The average molecular weight is 509 g/mol. The van der Waals surface area contributed by atoms with Crippen LogP contribution in [0.15, 0.2) is 29.1 Å². The van der Waals surface area contributed by atoms with Gasteiger partial charge in [0.25, 0.3) is 11.5 Å². The molecule has 1 aromatic carbocycles. The highest BCUT2D eigenvalue weighted by atomic mass is 32.1. The van der Waals surface area contributed by atoms with Gasteiger partial charge in [-0.1, -0.05) is 6.07 Å². The van der Waals surface area contributed by atoms with E-state index in [1.54, 1.807) is 42.2 Å². The lowest BCUT2D eigenvalue weighted by atomic mass is 10.2. The topological polar surface area (TPSA) is 172 Å². The van der Waals surface area contributed by atoms with Gasteiger partial charge >= 0.3 is 0 Å². The van der Waals surface area contributed by atoms with E-state index in [-0.39, 0.29) is 58.3 Å². The van der Waals surface area contributed by atoms with E-state index in [9.17, 15) is 24.4 Å². The summed E-state index contributed by atoms with van der Waals surface area (Å²) in [5.41, 5.74) is 0.511. The van der Waals surface area contributed by atoms with Crippen LogP contribution in [0.5, 0.6) is 0 Å². The minimum Gasteiger partial charge on any atom is -0.360 e. The molecule has 0 spiro atoms. The second-order valence-electron chi connectivity index (χ2n) is 7.63. The van der Waals surface area contributed by atoms with Crippen molar-refractivity contribution in [2.75, 3.05) is 43.4 Å². The molecule has 13 heteroatoms. The number of hydrogen-bond acceptors (Lipinski definition) is 9. The molecular formula is C23H24N8O4S. The number of nitriles is 2. The van der Waals surface area contributed by atoms with Gasteiger partial charge in [-0.25, -0.2) is 0 Å². The van der Waals surface area contributed by atoms with Crippen LogP contribution < -0.4 is 36.0 Å². The minimum atomic E-state index is -0.726. The number of rotatable bonds is 8. The number of amides is 3. The van der Waals surface area contributed by atoms with E-state index < -0.39 is 5.91 Å². The molecule has 0 bridgehead atoms. The quantitative estimate of drug-likeness (QED) is 0.311. The summed E-state index contributed by atoms with van der Waals surface area (Å²) in [6, 6.07) is 10.5. The Bertz CT molecular complexity index is 1430. The van der Waals surface area contributed by atoms with Gasteiger partial charge in [0.2, 0.25) is 11.8 Å². The average Bonchev–Trinajstić information content (AvgIpc) is 3.16. The number of hydrogen-bond donors (Lipinski definition) is 4. The number of piperazine rings is 1. The molecule has 0 saturated carbocycles. The van der Waals surface area contributed by atoms with Gasteiger partial charge in [0.05, 0.1) is 19.2 Å². The zero-order valence-electron chi connectivity index (χ0n) is 19.5. The van der Waals surface area contributed by atoms with Crippen LogP contribution in [0.2, 0.25) is 0 Å². The number of anilines is 2. The minimum absolute atomic E-state index is 0.0887. The summed E-state index contributed by atoms with van der Waals surface area (Å²) >= 11 is 0.980. The third-order valence-corrected chi connectivity index (χ3v) is 6.24. The van der Waals surface area contributed by atoms with E-state index in [1.165, 1.54) is 10.8 Å². The van der Waals surface area contributed by atoms with Crippen LogP contribution in [0.1, 0.15) is 6.92 Å². The van der Waals surface area contributed by atoms with Crippen molar-refractivity contribution in [3.63, 3.8) is 0 Å². The number of nitrogens with one attached hydrogen (secondary N) is 4. The molecule has 0 aliphatic carbocycles. The molecule has 36 heavy (non-hydrogen) atoms. The van der Waals surface area contributed by atoms with E-state index in [1.807, 2.05) is 6.07 Å². The molecule has 0 atom stereocenters. The number of nitrogens with zero attached hydrogens (tertiary/aromatic N) is 4. The molecule has 2 heterocycles. The first-order valence-corrected chi connectivity index (χ1v) is 11.8. The zero-order chi connectivity index (χ0) is 26.1. The molecule has 3 rings (SSSR count). The number of thiazole rings is 1. The second-order valence-corrected chi connectivity index (χ2v) is 8.66. The highest BCUT2D eigenvalue weighted by Crippen LogP contribution is 2.15. The second kappa shape index (κ2) is 12.3. The first kappa shape index (κ1) is 26.2. The van der Waals surface area contributed by atoms with Crippen LogP contribution in [0, 0.1) is 22.7 Å². The zero-order valence-corrected chi connectivity index (χ0v) is 20.3. The fraction of sp³-hybridized carbons (Fsp3) is 0.304. The van der Waals surface area contributed by atoms with Crippen LogP contribution in [0.4, 0.5) is 11.4 Å². The monoisotopic (exact) mass is 508 g/mol. The van der Waals surface area contributed by atoms with Gasteiger partial charge in [0, 0.05) is 37.2 Å². The van der Waals surface area contributed by atoms with Gasteiger partial charge in [-0.05, 0) is 25.1 Å². The molecule has 0 radical (unpaired) electrons. The lowest BCUT2D eigenvalue weighted by Gasteiger charge is -2.25. The predicted molar refractivity (Wildman–Crippen MR) is 134 cm³/mol. The molecule has 2 aromatic rings. The molecule has 1 fully saturated rings. The van der Waals surface area contributed by atoms with E-state index in [0.717, 1.165) is 11.3 Å². The summed E-state index contributed by atoms with van der Waals surface area (Å²) in [6.07, 6.45) is 1.47. The van der Waals surface area contributed by atoms with E-state index in [4.69, 9.17) is 5.26 Å². The largest absolute Gasteiger partial charge is 0.360 e. The SMILES string of the molecule is CCn1c(=O)/c(=C\Nc2cccc(NC(=O)CN3CCNC(=O)C3)c2)s/c1=C(/C#N)C(=O)NCC#N. The maximum atomic E-state index is 12.8. The Labute approximate surface area is 210 Å². The first-order chi connectivity index (χ1) is 17.4. The number of aromatic nitrogens is 1. The Hall–Kier alpha value is -4.46. The Kier molecular flexibility index (Phi) is 8.94. The third kappa shape index (κ3) is 6.56. The van der Waals surface area contributed by atoms with Crippen LogP contribution in [0.25, 0.3) is 11.8 Å². The summed E-state index contributed by atoms with van der Waals surface area (Å²) in [5, 5.41) is 29.0. The fourth-order valence-corrected chi connectivity index (χ4v) is 4.55.